The molecule has 1 atom stereocenters. The fourth-order valence-corrected chi connectivity index (χ4v) is 2.41. The van der Waals surface area contributed by atoms with Gasteiger partial charge >= 0.3 is 0 Å². The third-order valence-electron chi connectivity index (χ3n) is 3.66. The predicted octanol–water partition coefficient (Wildman–Crippen LogP) is 3.09. The van der Waals surface area contributed by atoms with Gasteiger partial charge in [-0.2, -0.15) is 0 Å². The first-order chi connectivity index (χ1) is 11.1. The van der Waals surface area contributed by atoms with Crippen molar-refractivity contribution in [1.29, 1.82) is 0 Å². The smallest absolute Gasteiger partial charge is 0.261 e. The van der Waals surface area contributed by atoms with Crippen LogP contribution >= 0.6 is 11.6 Å². The zero-order valence-corrected chi connectivity index (χ0v) is 13.6. The Kier molecular flexibility index (Phi) is 4.76. The van der Waals surface area contributed by atoms with Crippen LogP contribution in [0.15, 0.2) is 36.7 Å². The summed E-state index contributed by atoms with van der Waals surface area (Å²) in [5, 5.41) is 3.41. The summed E-state index contributed by atoms with van der Waals surface area (Å²) >= 11 is 5.90. The summed E-state index contributed by atoms with van der Waals surface area (Å²) in [4.78, 5) is 20.6. The summed E-state index contributed by atoms with van der Waals surface area (Å²) in [6.45, 7) is 2.07. The molecule has 1 heterocycles. The first-order valence-corrected chi connectivity index (χ1v) is 8.00. The Labute approximate surface area is 140 Å². The van der Waals surface area contributed by atoms with Gasteiger partial charge in [-0.3, -0.25) is 4.79 Å². The number of benzene rings is 1. The Morgan fingerprint density at radius 1 is 1.39 bits per heavy atom. The van der Waals surface area contributed by atoms with Gasteiger partial charge in [0.2, 0.25) is 0 Å². The Balaban J connectivity index is 1.53. The molecule has 0 radical (unpaired) electrons. The Hall–Kier alpha value is -2.14. The molecule has 1 N–H and O–H groups in total. The van der Waals surface area contributed by atoms with Gasteiger partial charge in [0.15, 0.2) is 6.10 Å². The number of carbonyl (C=O) groups excluding carboxylic acids is 1. The molecule has 120 valence electrons. The highest BCUT2D eigenvalue weighted by atomic mass is 35.5. The molecule has 1 fully saturated rings. The number of ether oxygens (including phenoxy) is 1. The zero-order chi connectivity index (χ0) is 16.2. The molecule has 1 aliphatic carbocycles. The minimum atomic E-state index is -0.613. The van der Waals surface area contributed by atoms with Crippen LogP contribution in [0.25, 0.3) is 0 Å². The van der Waals surface area contributed by atoms with E-state index >= 15 is 0 Å². The molecule has 1 aromatic heterocycles. The fourth-order valence-electron chi connectivity index (χ4n) is 2.23. The lowest BCUT2D eigenvalue weighted by atomic mass is 10.2. The van der Waals surface area contributed by atoms with E-state index in [0.717, 1.165) is 11.4 Å². The van der Waals surface area contributed by atoms with Gasteiger partial charge in [0, 0.05) is 16.6 Å². The van der Waals surface area contributed by atoms with E-state index in [1.807, 2.05) is 6.07 Å². The SMILES string of the molecule is CC(Oc1cccc(Cl)c1)C(=O)NCc1cc(C2CC2)ncn1. The van der Waals surface area contributed by atoms with Gasteiger partial charge in [-0.05, 0) is 44.0 Å². The lowest BCUT2D eigenvalue weighted by Crippen LogP contribution is -2.36. The molecular formula is C17H18ClN3O2. The molecule has 5 nitrogen and oxygen atoms in total. The highest BCUT2D eigenvalue weighted by molar-refractivity contribution is 6.30. The lowest BCUT2D eigenvalue weighted by Gasteiger charge is -2.14. The minimum absolute atomic E-state index is 0.198. The second-order valence-electron chi connectivity index (χ2n) is 5.64. The number of carbonyl (C=O) groups is 1. The van der Waals surface area contributed by atoms with Gasteiger partial charge in [0.25, 0.3) is 5.91 Å². The number of nitrogens with one attached hydrogen (secondary N) is 1. The van der Waals surface area contributed by atoms with E-state index < -0.39 is 6.10 Å². The summed E-state index contributed by atoms with van der Waals surface area (Å²) in [6, 6.07) is 8.94. The van der Waals surface area contributed by atoms with Crippen molar-refractivity contribution in [3.8, 4) is 5.75 Å². The first kappa shape index (κ1) is 15.7. The largest absolute Gasteiger partial charge is 0.481 e. The highest BCUT2D eigenvalue weighted by Gasteiger charge is 2.25. The number of amides is 1. The molecule has 3 rings (SSSR count). The molecule has 1 aliphatic rings. The van der Waals surface area contributed by atoms with Gasteiger partial charge in [0.05, 0.1) is 12.2 Å². The summed E-state index contributed by atoms with van der Waals surface area (Å²) in [7, 11) is 0. The molecule has 1 aromatic carbocycles. The summed E-state index contributed by atoms with van der Waals surface area (Å²) in [5.41, 5.74) is 1.87. The lowest BCUT2D eigenvalue weighted by molar-refractivity contribution is -0.127. The van der Waals surface area contributed by atoms with Crippen molar-refractivity contribution in [1.82, 2.24) is 15.3 Å². The molecule has 0 aliphatic heterocycles. The number of halogens is 1. The van der Waals surface area contributed by atoms with E-state index in [4.69, 9.17) is 16.3 Å². The average Bonchev–Trinajstić information content (AvgIpc) is 3.38. The predicted molar refractivity (Wildman–Crippen MR) is 87.4 cm³/mol. The zero-order valence-electron chi connectivity index (χ0n) is 12.8. The third-order valence-corrected chi connectivity index (χ3v) is 3.90. The molecule has 1 unspecified atom stereocenters. The maximum absolute atomic E-state index is 12.1. The van der Waals surface area contributed by atoms with Crippen molar-refractivity contribution in [2.75, 3.05) is 0 Å². The fraction of sp³-hybridized carbons (Fsp3) is 0.353. The summed E-state index contributed by atoms with van der Waals surface area (Å²) < 4.78 is 5.59. The summed E-state index contributed by atoms with van der Waals surface area (Å²) in [5.74, 6) is 0.937. The van der Waals surface area contributed by atoms with Crippen LogP contribution in [0.2, 0.25) is 5.02 Å². The molecular weight excluding hydrogens is 314 g/mol. The van der Waals surface area contributed by atoms with Gasteiger partial charge in [-0.25, -0.2) is 9.97 Å². The normalized spacial score (nSPS) is 15.0. The number of hydrogen-bond acceptors (Lipinski definition) is 4. The van der Waals surface area contributed by atoms with Crippen LogP contribution in [0.3, 0.4) is 0 Å². The number of nitrogens with zero attached hydrogens (tertiary/aromatic N) is 2. The maximum atomic E-state index is 12.1. The quantitative estimate of drug-likeness (QED) is 0.883. The van der Waals surface area contributed by atoms with Crippen LogP contribution in [-0.2, 0) is 11.3 Å². The third kappa shape index (κ3) is 4.42. The maximum Gasteiger partial charge on any atom is 0.261 e. The monoisotopic (exact) mass is 331 g/mol. The first-order valence-electron chi connectivity index (χ1n) is 7.62. The van der Waals surface area contributed by atoms with Crippen LogP contribution < -0.4 is 10.1 Å². The Bertz CT molecular complexity index is 704. The van der Waals surface area contributed by atoms with Gasteiger partial charge in [0.1, 0.15) is 12.1 Å². The summed E-state index contributed by atoms with van der Waals surface area (Å²) in [6.07, 6.45) is 3.32. The van der Waals surface area contributed by atoms with Crippen molar-refractivity contribution < 1.29 is 9.53 Å². The van der Waals surface area contributed by atoms with E-state index in [9.17, 15) is 4.79 Å². The molecule has 6 heteroatoms. The van der Waals surface area contributed by atoms with E-state index in [0.29, 0.717) is 23.2 Å². The second kappa shape index (κ2) is 6.96. The highest BCUT2D eigenvalue weighted by Crippen LogP contribution is 2.38. The molecule has 2 aromatic rings. The minimum Gasteiger partial charge on any atom is -0.481 e. The van der Waals surface area contributed by atoms with E-state index in [-0.39, 0.29) is 5.91 Å². The topological polar surface area (TPSA) is 64.1 Å². The standard InChI is InChI=1S/C17H18ClN3O2/c1-11(23-15-4-2-3-13(18)7-15)17(22)19-9-14-8-16(12-5-6-12)21-10-20-14/h2-4,7-8,10-12H,5-6,9H2,1H3,(H,19,22). The van der Waals surface area contributed by atoms with Crippen LogP contribution in [0, 0.1) is 0 Å². The molecule has 0 saturated heterocycles. The van der Waals surface area contributed by atoms with Crippen LogP contribution in [0.4, 0.5) is 0 Å². The van der Waals surface area contributed by atoms with Crippen molar-refractivity contribution in [2.24, 2.45) is 0 Å². The molecule has 0 bridgehead atoms. The number of rotatable bonds is 6. The Morgan fingerprint density at radius 2 is 2.22 bits per heavy atom. The van der Waals surface area contributed by atoms with Crippen molar-refractivity contribution in [3.05, 3.63) is 53.1 Å². The van der Waals surface area contributed by atoms with E-state index in [1.165, 1.54) is 12.8 Å². The van der Waals surface area contributed by atoms with Gasteiger partial charge < -0.3 is 10.1 Å². The van der Waals surface area contributed by atoms with Gasteiger partial charge in [-0.15, -0.1) is 0 Å². The van der Waals surface area contributed by atoms with Crippen molar-refractivity contribution >= 4 is 17.5 Å². The molecule has 23 heavy (non-hydrogen) atoms. The van der Waals surface area contributed by atoms with E-state index in [1.54, 1.807) is 37.5 Å². The van der Waals surface area contributed by atoms with Crippen molar-refractivity contribution in [3.63, 3.8) is 0 Å². The molecule has 0 spiro atoms. The molecule has 1 amide bonds. The second-order valence-corrected chi connectivity index (χ2v) is 6.08. The number of hydrogen-bond donors (Lipinski definition) is 1. The Morgan fingerprint density at radius 3 is 2.96 bits per heavy atom. The van der Waals surface area contributed by atoms with Gasteiger partial charge in [-0.1, -0.05) is 17.7 Å². The van der Waals surface area contributed by atoms with Crippen molar-refractivity contribution in [2.45, 2.75) is 38.3 Å². The van der Waals surface area contributed by atoms with Crippen LogP contribution in [0.1, 0.15) is 37.1 Å². The molecule has 1 saturated carbocycles. The van der Waals surface area contributed by atoms with Crippen LogP contribution in [0.5, 0.6) is 5.75 Å². The average molecular weight is 332 g/mol. The van der Waals surface area contributed by atoms with Crippen LogP contribution in [-0.4, -0.2) is 22.0 Å². The van der Waals surface area contributed by atoms with E-state index in [2.05, 4.69) is 15.3 Å². The number of aromatic nitrogens is 2.